The van der Waals surface area contributed by atoms with Gasteiger partial charge in [0.05, 0.1) is 12.2 Å². The van der Waals surface area contributed by atoms with Crippen molar-refractivity contribution in [3.63, 3.8) is 0 Å². The lowest BCUT2D eigenvalue weighted by Gasteiger charge is -2.34. The number of aryl methyl sites for hydroxylation is 1. The first-order valence-electron chi connectivity index (χ1n) is 7.22. The minimum absolute atomic E-state index is 0.0857. The second kappa shape index (κ2) is 5.85. The van der Waals surface area contributed by atoms with E-state index in [1.807, 2.05) is 24.2 Å². The molecule has 2 aromatic rings. The Hall–Kier alpha value is -1.88. The van der Waals surface area contributed by atoms with Crippen molar-refractivity contribution in [3.8, 4) is 0 Å². The standard InChI is InChI=1S/C16H19N3OS/c1-3-14-13-7-9-21-15(13)6-8-19(14)16(20)5-4-12-10-17-18(2)11-12/h4-5,7,9-11,14H,3,6,8H2,1-2H3/b5-4+/t14-/m1/s1. The third-order valence-electron chi connectivity index (χ3n) is 3.91. The summed E-state index contributed by atoms with van der Waals surface area (Å²) in [5.41, 5.74) is 2.28. The summed E-state index contributed by atoms with van der Waals surface area (Å²) in [4.78, 5) is 15.9. The molecule has 0 saturated heterocycles. The second-order valence-electron chi connectivity index (χ2n) is 5.29. The monoisotopic (exact) mass is 301 g/mol. The lowest BCUT2D eigenvalue weighted by molar-refractivity contribution is -0.128. The van der Waals surface area contributed by atoms with Crippen LogP contribution in [0.2, 0.25) is 0 Å². The van der Waals surface area contributed by atoms with Crippen molar-refractivity contribution in [2.45, 2.75) is 25.8 Å². The lowest BCUT2D eigenvalue weighted by atomic mass is 9.97. The Morgan fingerprint density at radius 2 is 2.43 bits per heavy atom. The number of aromatic nitrogens is 2. The predicted octanol–water partition coefficient (Wildman–Crippen LogP) is 3.03. The molecule has 1 aliphatic heterocycles. The van der Waals surface area contributed by atoms with Gasteiger partial charge in [0.25, 0.3) is 0 Å². The fraction of sp³-hybridized carbons (Fsp3) is 0.375. The maximum Gasteiger partial charge on any atom is 0.247 e. The molecule has 1 amide bonds. The number of carbonyl (C=O) groups excluding carboxylic acids is 1. The van der Waals surface area contributed by atoms with Crippen LogP contribution in [0.3, 0.4) is 0 Å². The summed E-state index contributed by atoms with van der Waals surface area (Å²) in [5.74, 6) is 0.0857. The number of rotatable bonds is 3. The largest absolute Gasteiger partial charge is 0.332 e. The van der Waals surface area contributed by atoms with Gasteiger partial charge in [0.2, 0.25) is 5.91 Å². The first-order chi connectivity index (χ1) is 10.2. The van der Waals surface area contributed by atoms with Gasteiger partial charge in [-0.3, -0.25) is 9.48 Å². The summed E-state index contributed by atoms with van der Waals surface area (Å²) in [6.07, 6.45) is 9.08. The molecule has 2 aromatic heterocycles. The van der Waals surface area contributed by atoms with E-state index >= 15 is 0 Å². The first-order valence-corrected chi connectivity index (χ1v) is 8.10. The molecule has 0 aromatic carbocycles. The van der Waals surface area contributed by atoms with Crippen LogP contribution in [0.25, 0.3) is 6.08 Å². The zero-order valence-electron chi connectivity index (χ0n) is 12.3. The van der Waals surface area contributed by atoms with Gasteiger partial charge in [-0.15, -0.1) is 11.3 Å². The normalized spacial score (nSPS) is 18.2. The molecule has 0 N–H and O–H groups in total. The Bertz CT molecular complexity index is 671. The van der Waals surface area contributed by atoms with Crippen molar-refractivity contribution in [3.05, 3.63) is 45.9 Å². The molecule has 0 aliphatic carbocycles. The molecule has 1 atom stereocenters. The summed E-state index contributed by atoms with van der Waals surface area (Å²) < 4.78 is 1.73. The van der Waals surface area contributed by atoms with Crippen LogP contribution in [-0.4, -0.2) is 27.1 Å². The van der Waals surface area contributed by atoms with E-state index < -0.39 is 0 Å². The smallest absolute Gasteiger partial charge is 0.247 e. The van der Waals surface area contributed by atoms with Gasteiger partial charge < -0.3 is 4.90 Å². The maximum absolute atomic E-state index is 12.5. The van der Waals surface area contributed by atoms with Crippen LogP contribution in [0.15, 0.2) is 29.9 Å². The number of carbonyl (C=O) groups is 1. The Balaban J connectivity index is 1.77. The Morgan fingerprint density at radius 3 is 3.14 bits per heavy atom. The van der Waals surface area contributed by atoms with Crippen LogP contribution < -0.4 is 0 Å². The van der Waals surface area contributed by atoms with E-state index in [0.29, 0.717) is 0 Å². The SMILES string of the molecule is CC[C@@H]1c2ccsc2CCN1C(=O)/C=C/c1cnn(C)c1. The van der Waals surface area contributed by atoms with Crippen molar-refractivity contribution in [2.75, 3.05) is 6.54 Å². The van der Waals surface area contributed by atoms with E-state index in [4.69, 9.17) is 0 Å². The van der Waals surface area contributed by atoms with Gasteiger partial charge in [-0.25, -0.2) is 0 Å². The van der Waals surface area contributed by atoms with E-state index in [1.54, 1.807) is 28.3 Å². The van der Waals surface area contributed by atoms with Crippen LogP contribution in [0, 0.1) is 0 Å². The first kappa shape index (κ1) is 14.1. The zero-order valence-corrected chi connectivity index (χ0v) is 13.1. The number of amides is 1. The molecule has 0 radical (unpaired) electrons. The maximum atomic E-state index is 12.5. The molecule has 3 heterocycles. The molecule has 0 spiro atoms. The van der Waals surface area contributed by atoms with Crippen molar-refractivity contribution in [1.29, 1.82) is 0 Å². The van der Waals surface area contributed by atoms with Gasteiger partial charge in [0.15, 0.2) is 0 Å². The van der Waals surface area contributed by atoms with Crippen LogP contribution in [-0.2, 0) is 18.3 Å². The molecule has 110 valence electrons. The molecular formula is C16H19N3OS. The van der Waals surface area contributed by atoms with E-state index in [2.05, 4.69) is 23.5 Å². The molecule has 0 bridgehead atoms. The number of hydrogen-bond donors (Lipinski definition) is 0. The van der Waals surface area contributed by atoms with Crippen molar-refractivity contribution in [1.82, 2.24) is 14.7 Å². The molecule has 0 unspecified atom stereocenters. The Labute approximate surface area is 128 Å². The summed E-state index contributed by atoms with van der Waals surface area (Å²) >= 11 is 1.80. The highest BCUT2D eigenvalue weighted by Crippen LogP contribution is 2.35. The molecule has 21 heavy (non-hydrogen) atoms. The Morgan fingerprint density at radius 1 is 1.57 bits per heavy atom. The minimum Gasteiger partial charge on any atom is -0.332 e. The average Bonchev–Trinajstić information content (AvgIpc) is 3.12. The molecule has 3 rings (SSSR count). The van der Waals surface area contributed by atoms with Gasteiger partial charge in [-0.2, -0.15) is 5.10 Å². The lowest BCUT2D eigenvalue weighted by Crippen LogP contribution is -2.38. The Kier molecular flexibility index (Phi) is 3.92. The van der Waals surface area contributed by atoms with Gasteiger partial charge in [-0.05, 0) is 35.9 Å². The predicted molar refractivity (Wildman–Crippen MR) is 85.0 cm³/mol. The number of thiophene rings is 1. The molecule has 5 heteroatoms. The van der Waals surface area contributed by atoms with E-state index in [9.17, 15) is 4.79 Å². The fourth-order valence-corrected chi connectivity index (χ4v) is 3.82. The second-order valence-corrected chi connectivity index (χ2v) is 6.29. The third-order valence-corrected chi connectivity index (χ3v) is 4.90. The highest BCUT2D eigenvalue weighted by Gasteiger charge is 2.29. The van der Waals surface area contributed by atoms with Crippen LogP contribution in [0.1, 0.15) is 35.4 Å². The minimum atomic E-state index is 0.0857. The quantitative estimate of drug-likeness (QED) is 0.817. The van der Waals surface area contributed by atoms with Gasteiger partial charge in [0.1, 0.15) is 0 Å². The zero-order chi connectivity index (χ0) is 14.8. The van der Waals surface area contributed by atoms with Crippen molar-refractivity contribution < 1.29 is 4.79 Å². The number of nitrogens with zero attached hydrogens (tertiary/aromatic N) is 3. The summed E-state index contributed by atoms with van der Waals surface area (Å²) in [5, 5.41) is 6.23. The molecule has 0 fully saturated rings. The van der Waals surface area contributed by atoms with Crippen molar-refractivity contribution >= 4 is 23.3 Å². The summed E-state index contributed by atoms with van der Waals surface area (Å²) in [6.45, 7) is 2.95. The molecule has 4 nitrogen and oxygen atoms in total. The highest BCUT2D eigenvalue weighted by molar-refractivity contribution is 7.10. The topological polar surface area (TPSA) is 38.1 Å². The van der Waals surface area contributed by atoms with Crippen molar-refractivity contribution in [2.24, 2.45) is 7.05 Å². The van der Waals surface area contributed by atoms with Crippen LogP contribution in [0.4, 0.5) is 0 Å². The number of fused-ring (bicyclic) bond motifs is 1. The van der Waals surface area contributed by atoms with E-state index in [-0.39, 0.29) is 11.9 Å². The summed E-state index contributed by atoms with van der Waals surface area (Å²) in [7, 11) is 1.87. The van der Waals surface area contributed by atoms with Gasteiger partial charge in [-0.1, -0.05) is 6.92 Å². The third kappa shape index (κ3) is 2.78. The highest BCUT2D eigenvalue weighted by atomic mass is 32.1. The molecule has 0 saturated carbocycles. The van der Waals surface area contributed by atoms with Crippen LogP contribution >= 0.6 is 11.3 Å². The van der Waals surface area contributed by atoms with Gasteiger partial charge >= 0.3 is 0 Å². The molecule has 1 aliphatic rings. The van der Waals surface area contributed by atoms with Gasteiger partial charge in [0, 0.05) is 36.3 Å². The molecular weight excluding hydrogens is 282 g/mol. The average molecular weight is 301 g/mol. The number of hydrogen-bond acceptors (Lipinski definition) is 3. The summed E-state index contributed by atoms with van der Waals surface area (Å²) in [6, 6.07) is 2.38. The van der Waals surface area contributed by atoms with Crippen LogP contribution in [0.5, 0.6) is 0 Å². The fourth-order valence-electron chi connectivity index (χ4n) is 2.89. The van der Waals surface area contributed by atoms with E-state index in [1.165, 1.54) is 10.4 Å². The van der Waals surface area contributed by atoms with E-state index in [0.717, 1.165) is 24.9 Å².